The Kier molecular flexibility index (Phi) is 6.17. The van der Waals surface area contributed by atoms with Crippen LogP contribution in [0.15, 0.2) is 42.7 Å². The Morgan fingerprint density at radius 3 is 2.64 bits per heavy atom. The minimum absolute atomic E-state index is 0.234. The van der Waals surface area contributed by atoms with E-state index in [1.807, 2.05) is 0 Å². The molecule has 1 aromatic carbocycles. The van der Waals surface area contributed by atoms with E-state index in [4.69, 9.17) is 9.47 Å². The number of carbonyl (C=O) groups is 1. The van der Waals surface area contributed by atoms with Gasteiger partial charge in [-0.2, -0.15) is 0 Å². The Hall–Kier alpha value is -2.67. The standard InChI is InChI=1S/C18H22N4O3/c23-17(19-11-2-12-24-13-14-3-4-14)22-15-5-7-16(8-6-15)25-18-20-9-1-10-21-18/h1,5-10,14H,2-4,11-13H2,(H2,19,22,23). The summed E-state index contributed by atoms with van der Waals surface area (Å²) in [7, 11) is 0. The normalized spacial score (nSPS) is 13.3. The van der Waals surface area contributed by atoms with Gasteiger partial charge in [0, 0.05) is 37.8 Å². The Labute approximate surface area is 146 Å². The summed E-state index contributed by atoms with van der Waals surface area (Å²) in [5.41, 5.74) is 0.684. The third-order valence-corrected chi connectivity index (χ3v) is 3.66. The second kappa shape index (κ2) is 8.98. The number of amides is 2. The second-order valence-corrected chi connectivity index (χ2v) is 5.91. The van der Waals surface area contributed by atoms with E-state index in [1.54, 1.807) is 42.7 Å². The van der Waals surface area contributed by atoms with Gasteiger partial charge in [0.2, 0.25) is 0 Å². The van der Waals surface area contributed by atoms with Gasteiger partial charge in [0.1, 0.15) is 5.75 Å². The molecule has 2 aromatic rings. The molecule has 0 unspecified atom stereocenters. The number of nitrogens with zero attached hydrogens (tertiary/aromatic N) is 2. The molecule has 0 saturated heterocycles. The molecular formula is C18H22N4O3. The summed E-state index contributed by atoms with van der Waals surface area (Å²) in [5.74, 6) is 1.38. The molecule has 1 heterocycles. The number of nitrogens with one attached hydrogen (secondary N) is 2. The lowest BCUT2D eigenvalue weighted by Crippen LogP contribution is -2.30. The van der Waals surface area contributed by atoms with Crippen LogP contribution >= 0.6 is 0 Å². The van der Waals surface area contributed by atoms with Crippen molar-refractivity contribution in [2.75, 3.05) is 25.1 Å². The Morgan fingerprint density at radius 2 is 1.92 bits per heavy atom. The zero-order valence-electron chi connectivity index (χ0n) is 14.0. The van der Waals surface area contributed by atoms with E-state index in [9.17, 15) is 4.79 Å². The van der Waals surface area contributed by atoms with Crippen molar-refractivity contribution in [3.8, 4) is 11.8 Å². The van der Waals surface area contributed by atoms with E-state index in [1.165, 1.54) is 12.8 Å². The molecule has 0 bridgehead atoms. The van der Waals surface area contributed by atoms with E-state index in [0.717, 1.165) is 18.9 Å². The first-order valence-corrected chi connectivity index (χ1v) is 8.47. The molecule has 25 heavy (non-hydrogen) atoms. The average molecular weight is 342 g/mol. The molecule has 1 fully saturated rings. The summed E-state index contributed by atoms with van der Waals surface area (Å²) < 4.78 is 11.0. The SMILES string of the molecule is O=C(NCCCOCC1CC1)Nc1ccc(Oc2ncccn2)cc1. The Morgan fingerprint density at radius 1 is 1.16 bits per heavy atom. The first kappa shape index (κ1) is 17.2. The van der Waals surface area contributed by atoms with E-state index in [-0.39, 0.29) is 12.0 Å². The van der Waals surface area contributed by atoms with Crippen molar-refractivity contribution in [2.24, 2.45) is 5.92 Å². The minimum Gasteiger partial charge on any atom is -0.424 e. The van der Waals surface area contributed by atoms with Crippen molar-refractivity contribution in [3.63, 3.8) is 0 Å². The lowest BCUT2D eigenvalue weighted by Gasteiger charge is -2.09. The van der Waals surface area contributed by atoms with Crippen LogP contribution < -0.4 is 15.4 Å². The predicted octanol–water partition coefficient (Wildman–Crippen LogP) is 3.21. The smallest absolute Gasteiger partial charge is 0.321 e. The van der Waals surface area contributed by atoms with Gasteiger partial charge >= 0.3 is 12.0 Å². The largest absolute Gasteiger partial charge is 0.424 e. The van der Waals surface area contributed by atoms with Gasteiger partial charge in [-0.15, -0.1) is 0 Å². The summed E-state index contributed by atoms with van der Waals surface area (Å²) in [4.78, 5) is 19.8. The third-order valence-electron chi connectivity index (χ3n) is 3.66. The number of urea groups is 1. The van der Waals surface area contributed by atoms with Crippen LogP contribution in [0.1, 0.15) is 19.3 Å². The maximum atomic E-state index is 11.8. The van der Waals surface area contributed by atoms with Gasteiger partial charge in [-0.1, -0.05) is 0 Å². The van der Waals surface area contributed by atoms with Crippen molar-refractivity contribution >= 4 is 11.7 Å². The highest BCUT2D eigenvalue weighted by atomic mass is 16.5. The van der Waals surface area contributed by atoms with Gasteiger partial charge in [0.15, 0.2) is 0 Å². The number of hydrogen-bond donors (Lipinski definition) is 2. The molecule has 3 rings (SSSR count). The highest BCUT2D eigenvalue weighted by molar-refractivity contribution is 5.89. The van der Waals surface area contributed by atoms with Crippen molar-refractivity contribution in [3.05, 3.63) is 42.7 Å². The summed E-state index contributed by atoms with van der Waals surface area (Å²) in [5, 5.41) is 5.58. The molecule has 0 aliphatic heterocycles. The van der Waals surface area contributed by atoms with Gasteiger partial charge in [-0.3, -0.25) is 0 Å². The van der Waals surface area contributed by atoms with Crippen LogP contribution in [0, 0.1) is 5.92 Å². The number of benzene rings is 1. The molecule has 1 aliphatic rings. The van der Waals surface area contributed by atoms with Crippen LogP contribution in [0.4, 0.5) is 10.5 Å². The summed E-state index contributed by atoms with van der Waals surface area (Å²) in [6.07, 6.45) is 6.62. The zero-order valence-corrected chi connectivity index (χ0v) is 14.0. The van der Waals surface area contributed by atoms with Gasteiger partial charge in [-0.25, -0.2) is 14.8 Å². The lowest BCUT2D eigenvalue weighted by molar-refractivity contribution is 0.122. The van der Waals surface area contributed by atoms with Crippen molar-refractivity contribution in [1.29, 1.82) is 0 Å². The predicted molar refractivity (Wildman–Crippen MR) is 93.7 cm³/mol. The number of rotatable bonds is 9. The molecule has 0 spiro atoms. The maximum Gasteiger partial charge on any atom is 0.321 e. The van der Waals surface area contributed by atoms with Gasteiger partial charge in [0.25, 0.3) is 0 Å². The number of aromatic nitrogens is 2. The highest BCUT2D eigenvalue weighted by Gasteiger charge is 2.20. The van der Waals surface area contributed by atoms with E-state index in [0.29, 0.717) is 24.6 Å². The average Bonchev–Trinajstić information content (AvgIpc) is 3.45. The Bertz CT molecular complexity index is 660. The molecule has 132 valence electrons. The first-order chi connectivity index (χ1) is 12.3. The monoisotopic (exact) mass is 342 g/mol. The number of hydrogen-bond acceptors (Lipinski definition) is 5. The molecule has 0 atom stereocenters. The van der Waals surface area contributed by atoms with Gasteiger partial charge < -0.3 is 20.1 Å². The number of ether oxygens (including phenoxy) is 2. The maximum absolute atomic E-state index is 11.8. The topological polar surface area (TPSA) is 85.4 Å². The minimum atomic E-state index is -0.234. The molecule has 0 radical (unpaired) electrons. The van der Waals surface area contributed by atoms with E-state index >= 15 is 0 Å². The van der Waals surface area contributed by atoms with Crippen molar-refractivity contribution < 1.29 is 14.3 Å². The fourth-order valence-corrected chi connectivity index (χ4v) is 2.14. The van der Waals surface area contributed by atoms with Gasteiger partial charge in [-0.05, 0) is 55.5 Å². The molecule has 1 saturated carbocycles. The molecule has 2 N–H and O–H groups in total. The van der Waals surface area contributed by atoms with Gasteiger partial charge in [0.05, 0.1) is 0 Å². The number of anilines is 1. The van der Waals surface area contributed by atoms with Crippen LogP contribution in [-0.4, -0.2) is 35.8 Å². The van der Waals surface area contributed by atoms with E-state index < -0.39 is 0 Å². The fraction of sp³-hybridized carbons (Fsp3) is 0.389. The van der Waals surface area contributed by atoms with Crippen LogP contribution in [0.5, 0.6) is 11.8 Å². The molecule has 7 nitrogen and oxygen atoms in total. The van der Waals surface area contributed by atoms with E-state index in [2.05, 4.69) is 20.6 Å². The molecule has 1 aliphatic carbocycles. The fourth-order valence-electron chi connectivity index (χ4n) is 2.14. The summed E-state index contributed by atoms with van der Waals surface area (Å²) >= 11 is 0. The lowest BCUT2D eigenvalue weighted by atomic mass is 10.3. The zero-order chi connectivity index (χ0) is 17.3. The quantitative estimate of drug-likeness (QED) is 0.684. The molecule has 2 amide bonds. The second-order valence-electron chi connectivity index (χ2n) is 5.91. The molecular weight excluding hydrogens is 320 g/mol. The van der Waals surface area contributed by atoms with Crippen LogP contribution in [-0.2, 0) is 4.74 Å². The van der Waals surface area contributed by atoms with Crippen molar-refractivity contribution in [1.82, 2.24) is 15.3 Å². The third kappa shape index (κ3) is 6.39. The Balaban J connectivity index is 1.33. The number of carbonyl (C=O) groups excluding carboxylic acids is 1. The van der Waals surface area contributed by atoms with Crippen LogP contribution in [0.25, 0.3) is 0 Å². The van der Waals surface area contributed by atoms with Crippen LogP contribution in [0.3, 0.4) is 0 Å². The molecule has 7 heteroatoms. The first-order valence-electron chi connectivity index (χ1n) is 8.47. The van der Waals surface area contributed by atoms with Crippen LogP contribution in [0.2, 0.25) is 0 Å². The summed E-state index contributed by atoms with van der Waals surface area (Å²) in [6, 6.07) is 8.78. The highest BCUT2D eigenvalue weighted by Crippen LogP contribution is 2.28. The summed E-state index contributed by atoms with van der Waals surface area (Å²) in [6.45, 7) is 2.13. The molecule has 1 aromatic heterocycles. The van der Waals surface area contributed by atoms with Crippen molar-refractivity contribution in [2.45, 2.75) is 19.3 Å².